The third kappa shape index (κ3) is 5.84. The number of methoxy groups -OCH3 is 1. The van der Waals surface area contributed by atoms with Crippen LogP contribution >= 0.6 is 0 Å². The first-order valence-corrected chi connectivity index (χ1v) is 7.10. The van der Waals surface area contributed by atoms with Crippen molar-refractivity contribution in [3.8, 4) is 0 Å². The van der Waals surface area contributed by atoms with Crippen molar-refractivity contribution in [2.24, 2.45) is 5.41 Å². The van der Waals surface area contributed by atoms with Gasteiger partial charge in [0.15, 0.2) is 0 Å². The molecule has 0 heterocycles. The van der Waals surface area contributed by atoms with E-state index in [4.69, 9.17) is 9.47 Å². The molecule has 3 nitrogen and oxygen atoms in total. The van der Waals surface area contributed by atoms with Crippen molar-refractivity contribution in [2.45, 2.75) is 45.4 Å². The summed E-state index contributed by atoms with van der Waals surface area (Å²) >= 11 is 0. The Kier molecular flexibility index (Phi) is 7.82. The largest absolute Gasteiger partial charge is 0.382 e. The van der Waals surface area contributed by atoms with E-state index < -0.39 is 0 Å². The summed E-state index contributed by atoms with van der Waals surface area (Å²) in [6, 6.07) is 0. The summed E-state index contributed by atoms with van der Waals surface area (Å²) < 4.78 is 10.5. The summed E-state index contributed by atoms with van der Waals surface area (Å²) in [5.74, 6) is 0. The Hall–Kier alpha value is -0.120. The van der Waals surface area contributed by atoms with Gasteiger partial charge in [0.1, 0.15) is 0 Å². The van der Waals surface area contributed by atoms with E-state index in [-0.39, 0.29) is 0 Å². The zero-order chi connectivity index (χ0) is 12.4. The first-order chi connectivity index (χ1) is 8.33. The highest BCUT2D eigenvalue weighted by atomic mass is 16.5. The van der Waals surface area contributed by atoms with Gasteiger partial charge in [0.2, 0.25) is 0 Å². The molecule has 1 aliphatic carbocycles. The molecule has 0 bridgehead atoms. The van der Waals surface area contributed by atoms with E-state index >= 15 is 0 Å². The molecule has 1 fully saturated rings. The maximum Gasteiger partial charge on any atom is 0.0700 e. The Labute approximate surface area is 106 Å². The lowest BCUT2D eigenvalue weighted by molar-refractivity contribution is 0.0519. The van der Waals surface area contributed by atoms with Crippen LogP contribution in [-0.2, 0) is 9.47 Å². The van der Waals surface area contributed by atoms with Crippen molar-refractivity contribution < 1.29 is 9.47 Å². The average molecular weight is 243 g/mol. The minimum absolute atomic E-state index is 0.597. The predicted octanol–water partition coefficient (Wildman–Crippen LogP) is 2.60. The van der Waals surface area contributed by atoms with E-state index in [1.807, 2.05) is 0 Å². The highest BCUT2D eigenvalue weighted by molar-refractivity contribution is 4.89. The molecule has 102 valence electrons. The van der Waals surface area contributed by atoms with Crippen LogP contribution in [0.25, 0.3) is 0 Å². The maximum absolute atomic E-state index is 5.52. The minimum atomic E-state index is 0.597. The molecule has 17 heavy (non-hydrogen) atoms. The molecule has 0 saturated heterocycles. The van der Waals surface area contributed by atoms with Crippen LogP contribution in [-0.4, -0.2) is 40.0 Å². The smallest absolute Gasteiger partial charge is 0.0700 e. The predicted molar refractivity (Wildman–Crippen MR) is 71.4 cm³/mol. The van der Waals surface area contributed by atoms with Crippen molar-refractivity contribution in [1.29, 1.82) is 0 Å². The van der Waals surface area contributed by atoms with Crippen LogP contribution in [0.2, 0.25) is 0 Å². The summed E-state index contributed by atoms with van der Waals surface area (Å²) in [5.41, 5.74) is 0.597. The molecule has 1 aliphatic rings. The van der Waals surface area contributed by atoms with Gasteiger partial charge >= 0.3 is 0 Å². The molecule has 0 radical (unpaired) electrons. The van der Waals surface area contributed by atoms with Gasteiger partial charge in [0.25, 0.3) is 0 Å². The fraction of sp³-hybridized carbons (Fsp3) is 1.00. The lowest BCUT2D eigenvalue weighted by Crippen LogP contribution is -2.40. The quantitative estimate of drug-likeness (QED) is 0.566. The van der Waals surface area contributed by atoms with Crippen LogP contribution in [0.15, 0.2) is 0 Å². The van der Waals surface area contributed by atoms with E-state index in [1.165, 1.54) is 45.1 Å². The lowest BCUT2D eigenvalue weighted by atomic mass is 9.66. The topological polar surface area (TPSA) is 30.5 Å². The average Bonchev–Trinajstić information content (AvgIpc) is 2.29. The van der Waals surface area contributed by atoms with Gasteiger partial charge in [-0.1, -0.05) is 13.3 Å². The fourth-order valence-electron chi connectivity index (χ4n) is 2.52. The maximum atomic E-state index is 5.52. The van der Waals surface area contributed by atoms with E-state index in [1.54, 1.807) is 7.11 Å². The van der Waals surface area contributed by atoms with Crippen LogP contribution in [0.5, 0.6) is 0 Å². The Bertz CT molecular complexity index is 181. The molecule has 1 rings (SSSR count). The highest BCUT2D eigenvalue weighted by Gasteiger charge is 2.35. The molecule has 0 aromatic heterocycles. The second-order valence-corrected chi connectivity index (χ2v) is 5.24. The molecule has 3 heteroatoms. The van der Waals surface area contributed by atoms with Gasteiger partial charge in [0, 0.05) is 20.3 Å². The van der Waals surface area contributed by atoms with Gasteiger partial charge in [0.05, 0.1) is 13.2 Å². The second-order valence-electron chi connectivity index (χ2n) is 5.24. The number of hydrogen-bond acceptors (Lipinski definition) is 3. The standard InChI is InChI=1S/C14H29NO2/c1-3-9-15-13-14(6-4-7-14)8-5-10-17-12-11-16-2/h15H,3-13H2,1-2H3. The fourth-order valence-corrected chi connectivity index (χ4v) is 2.52. The Morgan fingerprint density at radius 1 is 1.18 bits per heavy atom. The number of nitrogens with one attached hydrogen (secondary N) is 1. The van der Waals surface area contributed by atoms with Crippen LogP contribution < -0.4 is 5.32 Å². The van der Waals surface area contributed by atoms with Gasteiger partial charge < -0.3 is 14.8 Å². The molecule has 0 aliphatic heterocycles. The molecule has 1 saturated carbocycles. The Morgan fingerprint density at radius 3 is 2.59 bits per heavy atom. The van der Waals surface area contributed by atoms with Crippen LogP contribution in [0, 0.1) is 5.41 Å². The van der Waals surface area contributed by atoms with Crippen LogP contribution in [0.4, 0.5) is 0 Å². The van der Waals surface area contributed by atoms with E-state index in [9.17, 15) is 0 Å². The third-order valence-corrected chi connectivity index (χ3v) is 3.77. The van der Waals surface area contributed by atoms with Crippen molar-refractivity contribution in [2.75, 3.05) is 40.0 Å². The molecular weight excluding hydrogens is 214 g/mol. The molecule has 0 unspecified atom stereocenters. The monoisotopic (exact) mass is 243 g/mol. The SMILES string of the molecule is CCCNCC1(CCCOCCOC)CCC1. The van der Waals surface area contributed by atoms with Crippen molar-refractivity contribution >= 4 is 0 Å². The second kappa shape index (κ2) is 8.90. The van der Waals surface area contributed by atoms with E-state index in [2.05, 4.69) is 12.2 Å². The van der Waals surface area contributed by atoms with E-state index in [0.29, 0.717) is 12.0 Å². The molecule has 0 spiro atoms. The molecule has 0 amide bonds. The van der Waals surface area contributed by atoms with Gasteiger partial charge in [-0.3, -0.25) is 0 Å². The summed E-state index contributed by atoms with van der Waals surface area (Å²) in [6.45, 7) is 6.93. The first-order valence-electron chi connectivity index (χ1n) is 7.10. The zero-order valence-electron chi connectivity index (χ0n) is 11.6. The number of rotatable bonds is 11. The highest BCUT2D eigenvalue weighted by Crippen LogP contribution is 2.44. The summed E-state index contributed by atoms with van der Waals surface area (Å²) in [7, 11) is 1.71. The van der Waals surface area contributed by atoms with Crippen LogP contribution in [0.3, 0.4) is 0 Å². The van der Waals surface area contributed by atoms with E-state index in [0.717, 1.165) is 19.8 Å². The van der Waals surface area contributed by atoms with Gasteiger partial charge in [-0.2, -0.15) is 0 Å². The zero-order valence-corrected chi connectivity index (χ0v) is 11.6. The Balaban J connectivity index is 2.01. The number of ether oxygens (including phenoxy) is 2. The van der Waals surface area contributed by atoms with Crippen molar-refractivity contribution in [1.82, 2.24) is 5.32 Å². The Morgan fingerprint density at radius 2 is 2.00 bits per heavy atom. The third-order valence-electron chi connectivity index (χ3n) is 3.77. The van der Waals surface area contributed by atoms with Gasteiger partial charge in [-0.25, -0.2) is 0 Å². The molecule has 0 atom stereocenters. The van der Waals surface area contributed by atoms with Gasteiger partial charge in [-0.05, 0) is 44.1 Å². The van der Waals surface area contributed by atoms with Gasteiger partial charge in [-0.15, -0.1) is 0 Å². The number of hydrogen-bond donors (Lipinski definition) is 1. The summed E-state index contributed by atoms with van der Waals surface area (Å²) in [6.07, 6.45) is 7.96. The normalized spacial score (nSPS) is 18.0. The molecular formula is C14H29NO2. The lowest BCUT2D eigenvalue weighted by Gasteiger charge is -2.42. The first kappa shape index (κ1) is 14.9. The van der Waals surface area contributed by atoms with Crippen molar-refractivity contribution in [3.63, 3.8) is 0 Å². The van der Waals surface area contributed by atoms with Crippen molar-refractivity contribution in [3.05, 3.63) is 0 Å². The molecule has 0 aromatic rings. The van der Waals surface area contributed by atoms with Crippen LogP contribution in [0.1, 0.15) is 45.4 Å². The molecule has 0 aromatic carbocycles. The summed E-state index contributed by atoms with van der Waals surface area (Å²) in [4.78, 5) is 0. The minimum Gasteiger partial charge on any atom is -0.382 e. The molecule has 1 N–H and O–H groups in total. The summed E-state index contributed by atoms with van der Waals surface area (Å²) in [5, 5.41) is 3.58.